The Morgan fingerprint density at radius 2 is 1.97 bits per heavy atom. The van der Waals surface area contributed by atoms with Gasteiger partial charge in [-0.05, 0) is 76.4 Å². The fourth-order valence-electron chi connectivity index (χ4n) is 4.41. The summed E-state index contributed by atoms with van der Waals surface area (Å²) in [5, 5.41) is 4.75. The van der Waals surface area contributed by atoms with Crippen molar-refractivity contribution in [3.8, 4) is 28.3 Å². The molecule has 9 heteroatoms. The lowest BCUT2D eigenvalue weighted by Gasteiger charge is -2.21. The maximum Gasteiger partial charge on any atom is 0.342 e. The summed E-state index contributed by atoms with van der Waals surface area (Å²) in [4.78, 5) is 13.0. The molecule has 5 rings (SSSR count). The fraction of sp³-hybridized carbons (Fsp3) is 0.379. The number of aromatic nitrogens is 1. The van der Waals surface area contributed by atoms with Gasteiger partial charge in [0.1, 0.15) is 40.8 Å². The van der Waals surface area contributed by atoms with Crippen LogP contribution < -0.4 is 4.74 Å². The number of carbonyl (C=O) groups is 1. The van der Waals surface area contributed by atoms with Gasteiger partial charge in [0.15, 0.2) is 12.1 Å². The molecule has 0 bridgehead atoms. The van der Waals surface area contributed by atoms with Crippen molar-refractivity contribution in [1.29, 1.82) is 0 Å². The number of rotatable bonds is 9. The van der Waals surface area contributed by atoms with Crippen LogP contribution in [0.25, 0.3) is 33.6 Å². The number of fused-ring (bicyclic) bond motifs is 1. The maximum absolute atomic E-state index is 13.6. The number of halogens is 1. The van der Waals surface area contributed by atoms with Crippen molar-refractivity contribution in [2.75, 3.05) is 13.2 Å². The predicted molar refractivity (Wildman–Crippen MR) is 137 cm³/mol. The summed E-state index contributed by atoms with van der Waals surface area (Å²) in [6, 6.07) is 11.0. The van der Waals surface area contributed by atoms with E-state index in [2.05, 4.69) is 5.16 Å². The molecule has 1 unspecified atom stereocenters. The van der Waals surface area contributed by atoms with E-state index in [-0.39, 0.29) is 36.9 Å². The molecule has 0 N–H and O–H groups in total. The number of ether oxygens (including phenoxy) is 4. The van der Waals surface area contributed by atoms with Gasteiger partial charge in [-0.1, -0.05) is 5.16 Å². The zero-order chi connectivity index (χ0) is 26.6. The third-order valence-corrected chi connectivity index (χ3v) is 6.12. The van der Waals surface area contributed by atoms with Crippen molar-refractivity contribution in [1.82, 2.24) is 5.16 Å². The molecular formula is C29H30FNO7. The molecule has 8 nitrogen and oxygen atoms in total. The van der Waals surface area contributed by atoms with Crippen LogP contribution in [-0.4, -0.2) is 36.7 Å². The average Bonchev–Trinajstić information content (AvgIpc) is 3.52. The summed E-state index contributed by atoms with van der Waals surface area (Å²) in [7, 11) is 0. The fourth-order valence-corrected chi connectivity index (χ4v) is 4.41. The number of hydrogen-bond acceptors (Lipinski definition) is 8. The summed E-state index contributed by atoms with van der Waals surface area (Å²) in [6.45, 7) is 6.66. The van der Waals surface area contributed by atoms with E-state index < -0.39 is 11.8 Å². The van der Waals surface area contributed by atoms with Crippen LogP contribution >= 0.6 is 0 Å². The first-order chi connectivity index (χ1) is 18.4. The Balaban J connectivity index is 1.56. The lowest BCUT2D eigenvalue weighted by atomic mass is 10.0. The molecule has 0 saturated carbocycles. The van der Waals surface area contributed by atoms with E-state index in [0.29, 0.717) is 45.9 Å². The number of furan rings is 1. The van der Waals surface area contributed by atoms with Crippen LogP contribution in [0.3, 0.4) is 0 Å². The minimum absolute atomic E-state index is 0.154. The van der Waals surface area contributed by atoms with E-state index in [4.69, 9.17) is 27.9 Å². The summed E-state index contributed by atoms with van der Waals surface area (Å²) < 4.78 is 48.2. The Labute approximate surface area is 219 Å². The second kappa shape index (κ2) is 11.4. The summed E-state index contributed by atoms with van der Waals surface area (Å²) in [5.74, 6) is 0.398. The highest BCUT2D eigenvalue weighted by molar-refractivity contribution is 6.10. The number of carbonyl (C=O) groups excluding carboxylic acids is 1. The Morgan fingerprint density at radius 1 is 1.16 bits per heavy atom. The lowest BCUT2D eigenvalue weighted by Crippen LogP contribution is -2.21. The third-order valence-electron chi connectivity index (χ3n) is 6.12. The van der Waals surface area contributed by atoms with E-state index in [1.165, 1.54) is 12.1 Å². The van der Waals surface area contributed by atoms with Crippen molar-refractivity contribution in [2.24, 2.45) is 0 Å². The third kappa shape index (κ3) is 5.58. The standard InChI is InChI=1S/C29H30FNO7/c1-4-33-29(32)27-22-15-24(36-17(2)3)21(14-25(22)37-28(27)18-8-10-19(30)11-9-18)23-13-20(38-31-23)16-35-26-7-5-6-12-34-26/h8-11,13-15,17,26H,4-7,12,16H2,1-3H3. The summed E-state index contributed by atoms with van der Waals surface area (Å²) in [6.07, 6.45) is 2.56. The van der Waals surface area contributed by atoms with Crippen LogP contribution in [0.2, 0.25) is 0 Å². The van der Waals surface area contributed by atoms with Gasteiger partial charge < -0.3 is 27.9 Å². The first-order valence-corrected chi connectivity index (χ1v) is 12.8. The van der Waals surface area contributed by atoms with Crippen molar-refractivity contribution >= 4 is 16.9 Å². The molecule has 1 fully saturated rings. The highest BCUT2D eigenvalue weighted by Crippen LogP contribution is 2.41. The maximum atomic E-state index is 13.6. The van der Waals surface area contributed by atoms with Gasteiger partial charge in [0.05, 0.1) is 12.7 Å². The van der Waals surface area contributed by atoms with Crippen LogP contribution in [0.4, 0.5) is 4.39 Å². The molecule has 200 valence electrons. The average molecular weight is 524 g/mol. The highest BCUT2D eigenvalue weighted by Gasteiger charge is 2.26. The largest absolute Gasteiger partial charge is 0.490 e. The van der Waals surface area contributed by atoms with E-state index in [1.54, 1.807) is 37.3 Å². The molecule has 0 spiro atoms. The Bertz CT molecular complexity index is 1400. The Morgan fingerprint density at radius 3 is 2.68 bits per heavy atom. The van der Waals surface area contributed by atoms with Crippen molar-refractivity contribution in [3.05, 3.63) is 59.6 Å². The Kier molecular flexibility index (Phi) is 7.76. The van der Waals surface area contributed by atoms with Gasteiger partial charge in [-0.25, -0.2) is 9.18 Å². The first kappa shape index (κ1) is 25.9. The van der Waals surface area contributed by atoms with E-state index in [0.717, 1.165) is 19.3 Å². The second-order valence-corrected chi connectivity index (χ2v) is 9.33. The zero-order valence-electron chi connectivity index (χ0n) is 21.6. The van der Waals surface area contributed by atoms with Gasteiger partial charge in [-0.2, -0.15) is 0 Å². The van der Waals surface area contributed by atoms with E-state index in [9.17, 15) is 9.18 Å². The lowest BCUT2D eigenvalue weighted by molar-refractivity contribution is -0.171. The van der Waals surface area contributed by atoms with Gasteiger partial charge in [-0.15, -0.1) is 0 Å². The van der Waals surface area contributed by atoms with E-state index in [1.807, 2.05) is 13.8 Å². The molecule has 1 saturated heterocycles. The number of benzene rings is 2. The predicted octanol–water partition coefficient (Wildman–Crippen LogP) is 6.90. The molecule has 1 atom stereocenters. The van der Waals surface area contributed by atoms with Crippen LogP contribution in [0.5, 0.6) is 5.75 Å². The van der Waals surface area contributed by atoms with Gasteiger partial charge in [0.25, 0.3) is 0 Å². The quantitative estimate of drug-likeness (QED) is 0.219. The monoisotopic (exact) mass is 523 g/mol. The minimum Gasteiger partial charge on any atom is -0.490 e. The molecule has 3 heterocycles. The summed E-state index contributed by atoms with van der Waals surface area (Å²) in [5.41, 5.74) is 2.38. The van der Waals surface area contributed by atoms with E-state index >= 15 is 0 Å². The summed E-state index contributed by atoms with van der Waals surface area (Å²) >= 11 is 0. The number of esters is 1. The van der Waals surface area contributed by atoms with Gasteiger partial charge in [0.2, 0.25) is 0 Å². The topological polar surface area (TPSA) is 93.2 Å². The molecule has 1 aliphatic heterocycles. The molecule has 4 aromatic rings. The number of hydrogen-bond donors (Lipinski definition) is 0. The number of nitrogens with zero attached hydrogens (tertiary/aromatic N) is 1. The highest BCUT2D eigenvalue weighted by atomic mass is 19.1. The molecule has 0 amide bonds. The molecular weight excluding hydrogens is 493 g/mol. The van der Waals surface area contributed by atoms with Gasteiger partial charge >= 0.3 is 5.97 Å². The van der Waals surface area contributed by atoms with Crippen LogP contribution in [0.1, 0.15) is 56.2 Å². The first-order valence-electron chi connectivity index (χ1n) is 12.8. The van der Waals surface area contributed by atoms with Crippen LogP contribution in [0, 0.1) is 5.82 Å². The van der Waals surface area contributed by atoms with Crippen LogP contribution in [-0.2, 0) is 20.8 Å². The van der Waals surface area contributed by atoms with Crippen LogP contribution in [0.15, 0.2) is 51.4 Å². The molecule has 0 aliphatic carbocycles. The van der Waals surface area contributed by atoms with Crippen molar-refractivity contribution in [2.45, 2.75) is 59.0 Å². The van der Waals surface area contributed by atoms with Crippen molar-refractivity contribution in [3.63, 3.8) is 0 Å². The molecule has 2 aromatic heterocycles. The SMILES string of the molecule is CCOC(=O)c1c(-c2ccc(F)cc2)oc2cc(-c3cc(COC4CCCCO4)on3)c(OC(C)C)cc12. The molecule has 1 aliphatic rings. The van der Waals surface area contributed by atoms with Gasteiger partial charge in [-0.3, -0.25) is 0 Å². The van der Waals surface area contributed by atoms with Crippen molar-refractivity contribution < 1.29 is 37.1 Å². The smallest absolute Gasteiger partial charge is 0.342 e. The zero-order valence-corrected chi connectivity index (χ0v) is 21.6. The molecule has 2 aromatic carbocycles. The molecule has 38 heavy (non-hydrogen) atoms. The normalized spacial score (nSPS) is 15.8. The molecule has 0 radical (unpaired) electrons. The minimum atomic E-state index is -0.542. The Hall–Kier alpha value is -3.69. The van der Waals surface area contributed by atoms with Gasteiger partial charge in [0, 0.05) is 29.2 Å². The second-order valence-electron chi connectivity index (χ2n) is 9.33.